The molecule has 0 aromatic heterocycles. The maximum Gasteiger partial charge on any atom is 0.329 e. The van der Waals surface area contributed by atoms with E-state index in [0.29, 0.717) is 25.8 Å². The summed E-state index contributed by atoms with van der Waals surface area (Å²) in [4.78, 5) is 34.5. The molecule has 7 heteroatoms. The first-order chi connectivity index (χ1) is 9.50. The summed E-state index contributed by atoms with van der Waals surface area (Å²) in [6.07, 6.45) is 1.81. The summed E-state index contributed by atoms with van der Waals surface area (Å²) in [5.74, 6) is 0.151. The summed E-state index contributed by atoms with van der Waals surface area (Å²) in [5.41, 5.74) is -1.12. The van der Waals surface area contributed by atoms with Gasteiger partial charge in [-0.25, -0.2) is 4.79 Å². The number of carboxylic acid groups (broad SMARTS) is 1. The molecule has 0 spiro atoms. The van der Waals surface area contributed by atoms with E-state index >= 15 is 0 Å². The van der Waals surface area contributed by atoms with Crippen LogP contribution in [0.4, 0.5) is 0 Å². The molecule has 0 aromatic rings. The van der Waals surface area contributed by atoms with Gasteiger partial charge in [-0.1, -0.05) is 0 Å². The number of hydrogen-bond donors (Lipinski definition) is 3. The molecule has 20 heavy (non-hydrogen) atoms. The van der Waals surface area contributed by atoms with Crippen LogP contribution in [-0.2, 0) is 14.4 Å². The van der Waals surface area contributed by atoms with Gasteiger partial charge in [0, 0.05) is 19.4 Å². The molecular weight excluding hydrogens is 280 g/mol. The highest BCUT2D eigenvalue weighted by Gasteiger charge is 2.40. The lowest BCUT2D eigenvalue weighted by molar-refractivity contribution is -0.148. The van der Waals surface area contributed by atoms with Crippen LogP contribution < -0.4 is 10.6 Å². The number of aliphatic carboxylic acids is 1. The van der Waals surface area contributed by atoms with Crippen LogP contribution in [-0.4, -0.2) is 46.5 Å². The van der Waals surface area contributed by atoms with Crippen molar-refractivity contribution in [3.8, 4) is 0 Å². The number of carbonyl (C=O) groups excluding carboxylic acids is 2. The second-order valence-electron chi connectivity index (χ2n) is 4.85. The highest BCUT2D eigenvalue weighted by atomic mass is 32.2. The maximum atomic E-state index is 11.8. The molecule has 3 N–H and O–H groups in total. The van der Waals surface area contributed by atoms with Crippen LogP contribution in [0.1, 0.15) is 39.0 Å². The molecule has 1 heterocycles. The standard InChI is InChI=1S/C13H22N2O4S/c1-2-14-10(16)4-3-5-11(17)15-13(12(18)19)6-8-20-9-7-13/h2-9H2,1H3,(H,14,16)(H,15,17)(H,18,19). The average Bonchev–Trinajstić information content (AvgIpc) is 2.39. The maximum absolute atomic E-state index is 11.8. The second-order valence-corrected chi connectivity index (χ2v) is 6.08. The van der Waals surface area contributed by atoms with Crippen molar-refractivity contribution in [3.63, 3.8) is 0 Å². The van der Waals surface area contributed by atoms with Crippen molar-refractivity contribution in [3.05, 3.63) is 0 Å². The summed E-state index contributed by atoms with van der Waals surface area (Å²) in [5, 5.41) is 14.6. The number of amides is 2. The van der Waals surface area contributed by atoms with E-state index in [1.807, 2.05) is 6.92 Å². The minimum atomic E-state index is -1.12. The lowest BCUT2D eigenvalue weighted by Gasteiger charge is -2.33. The van der Waals surface area contributed by atoms with E-state index in [9.17, 15) is 19.5 Å². The zero-order valence-electron chi connectivity index (χ0n) is 11.7. The zero-order chi connectivity index (χ0) is 15.0. The van der Waals surface area contributed by atoms with Gasteiger partial charge >= 0.3 is 5.97 Å². The van der Waals surface area contributed by atoms with Crippen LogP contribution in [0.3, 0.4) is 0 Å². The topological polar surface area (TPSA) is 95.5 Å². The Balaban J connectivity index is 2.39. The fourth-order valence-electron chi connectivity index (χ4n) is 2.14. The molecule has 1 rings (SSSR count). The van der Waals surface area contributed by atoms with Gasteiger partial charge in [0.1, 0.15) is 5.54 Å². The van der Waals surface area contributed by atoms with E-state index in [4.69, 9.17) is 0 Å². The monoisotopic (exact) mass is 302 g/mol. The predicted molar refractivity (Wildman–Crippen MR) is 77.6 cm³/mol. The molecule has 0 atom stereocenters. The van der Waals surface area contributed by atoms with Crippen molar-refractivity contribution in [2.24, 2.45) is 0 Å². The predicted octanol–water partition coefficient (Wildman–Crippen LogP) is 0.759. The Bertz CT molecular complexity index is 367. The number of carbonyl (C=O) groups is 3. The van der Waals surface area contributed by atoms with Gasteiger partial charge in [0.25, 0.3) is 0 Å². The highest BCUT2D eigenvalue weighted by molar-refractivity contribution is 7.99. The lowest BCUT2D eigenvalue weighted by Crippen LogP contribution is -2.56. The summed E-state index contributed by atoms with van der Waals surface area (Å²) in [7, 11) is 0. The van der Waals surface area contributed by atoms with Gasteiger partial charge in [-0.2, -0.15) is 11.8 Å². The van der Waals surface area contributed by atoms with Crippen molar-refractivity contribution in [2.75, 3.05) is 18.1 Å². The molecular formula is C13H22N2O4S. The van der Waals surface area contributed by atoms with E-state index in [0.717, 1.165) is 11.5 Å². The van der Waals surface area contributed by atoms with Crippen molar-refractivity contribution in [1.29, 1.82) is 0 Å². The number of rotatable bonds is 7. The number of nitrogens with one attached hydrogen (secondary N) is 2. The number of hydrogen-bond acceptors (Lipinski definition) is 4. The average molecular weight is 302 g/mol. The molecule has 0 aliphatic carbocycles. The van der Waals surface area contributed by atoms with Crippen LogP contribution >= 0.6 is 11.8 Å². The first kappa shape index (κ1) is 16.8. The molecule has 114 valence electrons. The molecule has 0 bridgehead atoms. The van der Waals surface area contributed by atoms with Crippen molar-refractivity contribution in [2.45, 2.75) is 44.6 Å². The molecule has 2 amide bonds. The normalized spacial score (nSPS) is 17.2. The summed E-state index contributed by atoms with van der Waals surface area (Å²) < 4.78 is 0. The van der Waals surface area contributed by atoms with E-state index in [1.165, 1.54) is 0 Å². The van der Waals surface area contributed by atoms with Crippen molar-refractivity contribution < 1.29 is 19.5 Å². The molecule has 1 aliphatic heterocycles. The third-order valence-corrected chi connectivity index (χ3v) is 4.30. The van der Waals surface area contributed by atoms with Crippen LogP contribution in [0.15, 0.2) is 0 Å². The Kier molecular flexibility index (Phi) is 6.84. The lowest BCUT2D eigenvalue weighted by atomic mass is 9.92. The van der Waals surface area contributed by atoms with Gasteiger partial charge in [-0.05, 0) is 37.7 Å². The van der Waals surface area contributed by atoms with Crippen molar-refractivity contribution >= 4 is 29.5 Å². The summed E-state index contributed by atoms with van der Waals surface area (Å²) in [6.45, 7) is 2.41. The fourth-order valence-corrected chi connectivity index (χ4v) is 3.33. The van der Waals surface area contributed by atoms with Crippen LogP contribution in [0.5, 0.6) is 0 Å². The molecule has 1 saturated heterocycles. The van der Waals surface area contributed by atoms with Crippen LogP contribution in [0, 0.1) is 0 Å². The van der Waals surface area contributed by atoms with E-state index in [1.54, 1.807) is 11.8 Å². The Labute approximate surface area is 123 Å². The van der Waals surface area contributed by atoms with Crippen LogP contribution in [0.25, 0.3) is 0 Å². The van der Waals surface area contributed by atoms with Gasteiger partial charge in [-0.15, -0.1) is 0 Å². The first-order valence-corrected chi connectivity index (χ1v) is 8.04. The molecule has 0 aromatic carbocycles. The summed E-state index contributed by atoms with van der Waals surface area (Å²) >= 11 is 1.70. The van der Waals surface area contributed by atoms with Crippen LogP contribution in [0.2, 0.25) is 0 Å². The fraction of sp³-hybridized carbons (Fsp3) is 0.769. The van der Waals surface area contributed by atoms with Gasteiger partial charge in [0.05, 0.1) is 0 Å². The Morgan fingerprint density at radius 1 is 1.15 bits per heavy atom. The zero-order valence-corrected chi connectivity index (χ0v) is 12.6. The number of carboxylic acids is 1. The Hall–Kier alpha value is -1.24. The SMILES string of the molecule is CCNC(=O)CCCC(=O)NC1(C(=O)O)CCSCC1. The molecule has 0 saturated carbocycles. The van der Waals surface area contributed by atoms with Gasteiger partial charge in [-0.3, -0.25) is 9.59 Å². The van der Waals surface area contributed by atoms with Gasteiger partial charge in [0.15, 0.2) is 0 Å². The van der Waals surface area contributed by atoms with E-state index in [-0.39, 0.29) is 24.7 Å². The van der Waals surface area contributed by atoms with E-state index in [2.05, 4.69) is 10.6 Å². The second kappa shape index (κ2) is 8.14. The molecule has 1 aliphatic rings. The van der Waals surface area contributed by atoms with Gasteiger partial charge < -0.3 is 15.7 Å². The molecule has 1 fully saturated rings. The summed E-state index contributed by atoms with van der Waals surface area (Å²) in [6, 6.07) is 0. The van der Waals surface area contributed by atoms with Crippen molar-refractivity contribution in [1.82, 2.24) is 10.6 Å². The minimum absolute atomic E-state index is 0.0812. The first-order valence-electron chi connectivity index (χ1n) is 6.89. The molecule has 6 nitrogen and oxygen atoms in total. The Morgan fingerprint density at radius 3 is 2.30 bits per heavy atom. The Morgan fingerprint density at radius 2 is 1.75 bits per heavy atom. The third-order valence-electron chi connectivity index (χ3n) is 3.32. The largest absolute Gasteiger partial charge is 0.480 e. The molecule has 0 radical (unpaired) electrons. The van der Waals surface area contributed by atoms with E-state index < -0.39 is 11.5 Å². The third kappa shape index (κ3) is 5.03. The smallest absolute Gasteiger partial charge is 0.329 e. The number of thioether (sulfide) groups is 1. The van der Waals surface area contributed by atoms with Gasteiger partial charge in [0.2, 0.25) is 11.8 Å². The minimum Gasteiger partial charge on any atom is -0.480 e. The quantitative estimate of drug-likeness (QED) is 0.645. The molecule has 0 unspecified atom stereocenters. The highest BCUT2D eigenvalue weighted by Crippen LogP contribution is 2.27.